The smallest absolute Gasteiger partial charge is 0.313 e. The summed E-state index contributed by atoms with van der Waals surface area (Å²) in [6, 6.07) is 8.64. The van der Waals surface area contributed by atoms with Gasteiger partial charge >= 0.3 is 11.8 Å². The topological polar surface area (TPSA) is 109 Å². The second-order valence-electron chi connectivity index (χ2n) is 6.36. The Labute approximate surface area is 169 Å². The van der Waals surface area contributed by atoms with E-state index < -0.39 is 11.7 Å². The maximum absolute atomic E-state index is 14.4. The van der Waals surface area contributed by atoms with Crippen molar-refractivity contribution in [2.75, 3.05) is 12.4 Å². The number of aromatic amines is 1. The molecule has 0 unspecified atom stereocenters. The quantitative estimate of drug-likeness (QED) is 0.450. The molecule has 0 saturated carbocycles. The lowest BCUT2D eigenvalue weighted by molar-refractivity contribution is 0.0988. The third-order valence-electron chi connectivity index (χ3n) is 4.22. The molecule has 0 aliphatic heterocycles. The van der Waals surface area contributed by atoms with Gasteiger partial charge in [0.1, 0.15) is 11.6 Å². The first-order valence-electron chi connectivity index (χ1n) is 8.93. The van der Waals surface area contributed by atoms with Crippen molar-refractivity contribution in [3.8, 4) is 0 Å². The fourth-order valence-electron chi connectivity index (χ4n) is 2.77. The van der Waals surface area contributed by atoms with Crippen LogP contribution in [-0.2, 0) is 6.54 Å². The van der Waals surface area contributed by atoms with E-state index in [1.165, 1.54) is 24.3 Å². The number of nitrogens with zero attached hydrogens (tertiary/aromatic N) is 3. The van der Waals surface area contributed by atoms with Gasteiger partial charge in [0, 0.05) is 11.5 Å². The van der Waals surface area contributed by atoms with Crippen LogP contribution in [-0.4, -0.2) is 33.3 Å². The van der Waals surface area contributed by atoms with Gasteiger partial charge in [0.05, 0.1) is 23.4 Å². The molecule has 2 heterocycles. The monoisotopic (exact) mass is 410 g/mol. The highest BCUT2D eigenvalue weighted by Gasteiger charge is 2.18. The molecular formula is C20H16F2N6O2. The third-order valence-corrected chi connectivity index (χ3v) is 4.22. The molecule has 30 heavy (non-hydrogen) atoms. The second-order valence-corrected chi connectivity index (χ2v) is 6.36. The maximum atomic E-state index is 14.4. The lowest BCUT2D eigenvalue weighted by atomic mass is 10.1. The van der Waals surface area contributed by atoms with Crippen molar-refractivity contribution in [3.63, 3.8) is 0 Å². The fourth-order valence-corrected chi connectivity index (χ4v) is 2.77. The number of hydrogen-bond donors (Lipinski definition) is 3. The normalized spacial score (nSPS) is 11.4. The minimum absolute atomic E-state index is 0.0568. The summed E-state index contributed by atoms with van der Waals surface area (Å²) in [7, 11) is 1.70. The molecule has 0 atom stereocenters. The minimum atomic E-state index is -0.727. The number of anilines is 1. The summed E-state index contributed by atoms with van der Waals surface area (Å²) in [5, 5.41) is 20.1. The molecule has 4 aromatic rings. The molecule has 1 amide bonds. The van der Waals surface area contributed by atoms with Gasteiger partial charge in [-0.15, -0.1) is 10.2 Å². The largest absolute Gasteiger partial charge is 0.415 e. The van der Waals surface area contributed by atoms with Crippen LogP contribution in [0.25, 0.3) is 23.1 Å². The molecule has 0 aliphatic rings. The number of aromatic nitrogens is 4. The zero-order valence-corrected chi connectivity index (χ0v) is 15.7. The van der Waals surface area contributed by atoms with E-state index in [2.05, 4.69) is 31.0 Å². The van der Waals surface area contributed by atoms with Gasteiger partial charge in [0.25, 0.3) is 0 Å². The molecule has 8 nitrogen and oxygen atoms in total. The molecule has 0 radical (unpaired) electrons. The van der Waals surface area contributed by atoms with E-state index in [1.54, 1.807) is 31.3 Å². The van der Waals surface area contributed by atoms with Crippen molar-refractivity contribution in [1.82, 2.24) is 25.7 Å². The number of carbonyl (C=O) groups is 1. The summed E-state index contributed by atoms with van der Waals surface area (Å²) < 4.78 is 32.7. The van der Waals surface area contributed by atoms with Gasteiger partial charge in [0.2, 0.25) is 5.89 Å². The first kappa shape index (κ1) is 19.4. The van der Waals surface area contributed by atoms with Crippen molar-refractivity contribution in [3.05, 3.63) is 71.1 Å². The number of hydrogen-bond acceptors (Lipinski definition) is 6. The number of halogens is 2. The number of benzene rings is 2. The average molecular weight is 410 g/mol. The van der Waals surface area contributed by atoms with E-state index in [1.807, 2.05) is 0 Å². The van der Waals surface area contributed by atoms with E-state index in [4.69, 9.17) is 4.42 Å². The summed E-state index contributed by atoms with van der Waals surface area (Å²) in [5.74, 6) is -1.74. The van der Waals surface area contributed by atoms with E-state index in [9.17, 15) is 13.6 Å². The molecule has 0 saturated heterocycles. The average Bonchev–Trinajstić information content (AvgIpc) is 3.35. The number of rotatable bonds is 6. The molecule has 2 aromatic heterocycles. The molecule has 4 rings (SSSR count). The Morgan fingerprint density at radius 1 is 1.17 bits per heavy atom. The molecule has 0 spiro atoms. The Balaban J connectivity index is 1.59. The van der Waals surface area contributed by atoms with Crippen LogP contribution in [0.3, 0.4) is 0 Å². The zero-order chi connectivity index (χ0) is 21.1. The van der Waals surface area contributed by atoms with Gasteiger partial charge in [-0.05, 0) is 36.9 Å². The number of nitrogens with one attached hydrogen (secondary N) is 3. The Morgan fingerprint density at radius 3 is 2.73 bits per heavy atom. The predicted molar refractivity (Wildman–Crippen MR) is 106 cm³/mol. The van der Waals surface area contributed by atoms with Crippen LogP contribution in [0.1, 0.15) is 27.8 Å². The van der Waals surface area contributed by atoms with E-state index in [-0.39, 0.29) is 23.3 Å². The Morgan fingerprint density at radius 2 is 1.97 bits per heavy atom. The van der Waals surface area contributed by atoms with Crippen molar-refractivity contribution >= 4 is 34.6 Å². The van der Waals surface area contributed by atoms with Crippen molar-refractivity contribution in [2.24, 2.45) is 0 Å². The lowest BCUT2D eigenvalue weighted by Gasteiger charge is -2.04. The number of fused-ring (bicyclic) bond motifs is 1. The van der Waals surface area contributed by atoms with Gasteiger partial charge in [-0.25, -0.2) is 8.78 Å². The summed E-state index contributed by atoms with van der Waals surface area (Å²) in [6.07, 6.45) is 3.45. The number of carbonyl (C=O) groups excluding carboxylic acids is 1. The minimum Gasteiger partial charge on any atom is -0.415 e. The Bertz CT molecular complexity index is 1230. The lowest BCUT2D eigenvalue weighted by Crippen LogP contribution is -2.13. The number of amides is 1. The summed E-state index contributed by atoms with van der Waals surface area (Å²) in [6.45, 7) is 0.305. The van der Waals surface area contributed by atoms with E-state index in [0.29, 0.717) is 23.1 Å². The highest BCUT2D eigenvalue weighted by molar-refractivity contribution is 6.02. The van der Waals surface area contributed by atoms with E-state index in [0.717, 1.165) is 5.56 Å². The van der Waals surface area contributed by atoms with Crippen LogP contribution in [0.15, 0.2) is 40.8 Å². The van der Waals surface area contributed by atoms with Gasteiger partial charge < -0.3 is 15.1 Å². The Hall–Kier alpha value is -3.92. The Kier molecular flexibility index (Phi) is 5.31. The third kappa shape index (κ3) is 4.08. The maximum Gasteiger partial charge on any atom is 0.313 e. The second kappa shape index (κ2) is 8.21. The van der Waals surface area contributed by atoms with Crippen molar-refractivity contribution in [1.29, 1.82) is 0 Å². The molecule has 152 valence electrons. The molecule has 0 aliphatic carbocycles. The van der Waals surface area contributed by atoms with Gasteiger partial charge in [-0.3, -0.25) is 9.89 Å². The summed E-state index contributed by atoms with van der Waals surface area (Å²) >= 11 is 0. The van der Waals surface area contributed by atoms with Gasteiger partial charge in [-0.1, -0.05) is 18.2 Å². The highest BCUT2D eigenvalue weighted by atomic mass is 19.1. The summed E-state index contributed by atoms with van der Waals surface area (Å²) in [5.41, 5.74) is 1.70. The highest BCUT2D eigenvalue weighted by Crippen LogP contribution is 2.25. The van der Waals surface area contributed by atoms with Crippen molar-refractivity contribution in [2.45, 2.75) is 6.54 Å². The van der Waals surface area contributed by atoms with Crippen LogP contribution in [0.2, 0.25) is 0 Å². The first-order valence-corrected chi connectivity index (χ1v) is 8.93. The fraction of sp³-hybridized carbons (Fsp3) is 0.100. The molecule has 10 heteroatoms. The number of H-pyrrole nitrogens is 1. The van der Waals surface area contributed by atoms with Gasteiger partial charge in [0.15, 0.2) is 0 Å². The van der Waals surface area contributed by atoms with Crippen LogP contribution in [0, 0.1) is 11.6 Å². The van der Waals surface area contributed by atoms with E-state index >= 15 is 0 Å². The zero-order valence-electron chi connectivity index (χ0n) is 15.7. The van der Waals surface area contributed by atoms with Crippen LogP contribution >= 0.6 is 0 Å². The van der Waals surface area contributed by atoms with Crippen molar-refractivity contribution < 1.29 is 18.0 Å². The summed E-state index contributed by atoms with van der Waals surface area (Å²) in [4.78, 5) is 12.3. The van der Waals surface area contributed by atoms with Gasteiger partial charge in [-0.2, -0.15) is 5.10 Å². The predicted octanol–water partition coefficient (Wildman–Crippen LogP) is 3.37. The molecule has 0 bridgehead atoms. The van der Waals surface area contributed by atoms with Crippen LogP contribution < -0.4 is 10.6 Å². The van der Waals surface area contributed by atoms with Crippen LogP contribution in [0.5, 0.6) is 0 Å². The molecule has 0 fully saturated rings. The standard InChI is InChI=1S/C20H16F2N6O2/c1-23-10-18-27-28-20(30-18)19(29)24-17-8-13-15(25-26-16(13)9-14(17)22)7-4-11-2-5-12(21)6-3-11/h2-9,23H,10H2,1H3,(H,24,29)(H,25,26). The van der Waals surface area contributed by atoms with Crippen LogP contribution in [0.4, 0.5) is 14.5 Å². The molecule has 3 N–H and O–H groups in total. The first-order chi connectivity index (χ1) is 14.5. The SMILES string of the molecule is CNCc1nnc(C(=O)Nc2cc3c(C=Cc4ccc(F)cc4)n[nH]c3cc2F)o1. The molecule has 2 aromatic carbocycles. The molecular weight excluding hydrogens is 394 g/mol.